The Kier molecular flexibility index (Phi) is 6.09. The molecule has 2 aromatic heterocycles. The van der Waals surface area contributed by atoms with Crippen LogP contribution in [-0.2, 0) is 7.05 Å². The maximum absolute atomic E-state index is 13.0. The Morgan fingerprint density at radius 3 is 2.34 bits per heavy atom. The van der Waals surface area contributed by atoms with E-state index in [-0.39, 0.29) is 5.56 Å². The number of hydrogen-bond acceptors (Lipinski definition) is 7. The Bertz CT molecular complexity index is 1350. The van der Waals surface area contributed by atoms with Gasteiger partial charge < -0.3 is 0 Å². The summed E-state index contributed by atoms with van der Waals surface area (Å²) in [5.41, 5.74) is 7.16. The van der Waals surface area contributed by atoms with Crippen molar-refractivity contribution in [1.29, 1.82) is 0 Å². The summed E-state index contributed by atoms with van der Waals surface area (Å²) in [6.45, 7) is 5.63. The van der Waals surface area contributed by atoms with E-state index < -0.39 is 0 Å². The van der Waals surface area contributed by atoms with E-state index in [0.29, 0.717) is 21.5 Å². The van der Waals surface area contributed by atoms with Gasteiger partial charge in [-0.05, 0) is 38.5 Å². The van der Waals surface area contributed by atoms with Crippen molar-refractivity contribution in [1.82, 2.24) is 14.3 Å². The molecule has 0 saturated carbocycles. The van der Waals surface area contributed by atoms with Gasteiger partial charge in [-0.2, -0.15) is 5.10 Å². The maximum Gasteiger partial charge on any atom is 0.299 e. The molecular weight excluding hydrogens is 422 g/mol. The first-order valence-electron chi connectivity index (χ1n) is 10.0. The minimum Gasteiger partial charge on any atom is -0.283 e. The molecule has 0 aliphatic rings. The van der Waals surface area contributed by atoms with Crippen molar-refractivity contribution in [3.05, 3.63) is 88.0 Å². The SMILES string of the molecule is C/C(=N\Nc1nc(C)c(N=Nc2c(C)n(C)n(-c3ccccc3)c2=O)s1)c1ccccc1. The molecule has 0 fully saturated rings. The molecule has 0 aliphatic heterocycles. The Hall–Kier alpha value is -3.85. The molecular formula is C23H23N7OS. The number of hydrogen-bond donors (Lipinski definition) is 1. The lowest BCUT2D eigenvalue weighted by Gasteiger charge is -2.07. The van der Waals surface area contributed by atoms with Crippen LogP contribution in [-0.4, -0.2) is 20.1 Å². The molecule has 9 heteroatoms. The number of nitrogens with zero attached hydrogens (tertiary/aromatic N) is 6. The zero-order valence-corrected chi connectivity index (χ0v) is 19.1. The molecule has 0 spiro atoms. The Morgan fingerprint density at radius 2 is 1.66 bits per heavy atom. The number of thiazole rings is 1. The number of benzene rings is 2. The second-order valence-corrected chi connectivity index (χ2v) is 8.17. The summed E-state index contributed by atoms with van der Waals surface area (Å²) in [6.07, 6.45) is 0. The molecule has 2 heterocycles. The van der Waals surface area contributed by atoms with Crippen LogP contribution in [0.25, 0.3) is 5.69 Å². The third-order valence-electron chi connectivity index (χ3n) is 5.05. The van der Waals surface area contributed by atoms with E-state index in [9.17, 15) is 4.79 Å². The van der Waals surface area contributed by atoms with Crippen molar-refractivity contribution in [3.63, 3.8) is 0 Å². The van der Waals surface area contributed by atoms with E-state index in [1.807, 2.05) is 88.5 Å². The molecule has 0 bridgehead atoms. The predicted molar refractivity (Wildman–Crippen MR) is 129 cm³/mol. The number of azo groups is 1. The van der Waals surface area contributed by atoms with E-state index in [1.165, 1.54) is 11.3 Å². The van der Waals surface area contributed by atoms with Crippen LogP contribution in [0.3, 0.4) is 0 Å². The predicted octanol–water partition coefficient (Wildman–Crippen LogP) is 5.50. The molecule has 0 unspecified atom stereocenters. The summed E-state index contributed by atoms with van der Waals surface area (Å²) in [6, 6.07) is 19.4. The highest BCUT2D eigenvalue weighted by Crippen LogP contribution is 2.32. The second kappa shape index (κ2) is 9.11. The van der Waals surface area contributed by atoms with E-state index in [0.717, 1.165) is 22.7 Å². The monoisotopic (exact) mass is 445 g/mol. The molecule has 0 atom stereocenters. The lowest BCUT2D eigenvalue weighted by molar-refractivity contribution is 0.630. The molecule has 0 radical (unpaired) electrons. The fraction of sp³-hybridized carbons (Fsp3) is 0.174. The molecule has 4 rings (SSSR count). The van der Waals surface area contributed by atoms with Crippen LogP contribution in [0.15, 0.2) is 80.8 Å². The molecule has 0 saturated heterocycles. The van der Waals surface area contributed by atoms with Crippen LogP contribution in [0.2, 0.25) is 0 Å². The summed E-state index contributed by atoms with van der Waals surface area (Å²) in [5.74, 6) is 0. The van der Waals surface area contributed by atoms with Crippen LogP contribution in [0.1, 0.15) is 23.9 Å². The summed E-state index contributed by atoms with van der Waals surface area (Å²) in [5, 5.41) is 14.2. The Morgan fingerprint density at radius 1 is 1.00 bits per heavy atom. The molecule has 0 amide bonds. The van der Waals surface area contributed by atoms with Gasteiger partial charge in [0, 0.05) is 7.05 Å². The number of aromatic nitrogens is 3. The first-order chi connectivity index (χ1) is 15.5. The van der Waals surface area contributed by atoms with Crippen molar-refractivity contribution in [2.24, 2.45) is 22.4 Å². The van der Waals surface area contributed by atoms with Crippen molar-refractivity contribution < 1.29 is 0 Å². The van der Waals surface area contributed by atoms with E-state index in [4.69, 9.17) is 0 Å². The minimum absolute atomic E-state index is 0.219. The van der Waals surface area contributed by atoms with Gasteiger partial charge in [-0.1, -0.05) is 59.9 Å². The summed E-state index contributed by atoms with van der Waals surface area (Å²) in [7, 11) is 1.83. The van der Waals surface area contributed by atoms with Gasteiger partial charge in [0.2, 0.25) is 5.13 Å². The lowest BCUT2D eigenvalue weighted by atomic mass is 10.1. The van der Waals surface area contributed by atoms with Crippen molar-refractivity contribution in [2.75, 3.05) is 5.43 Å². The van der Waals surface area contributed by atoms with E-state index in [2.05, 4.69) is 25.7 Å². The zero-order valence-electron chi connectivity index (χ0n) is 18.3. The van der Waals surface area contributed by atoms with Crippen LogP contribution in [0.4, 0.5) is 15.8 Å². The van der Waals surface area contributed by atoms with Gasteiger partial charge in [-0.3, -0.25) is 14.9 Å². The van der Waals surface area contributed by atoms with Crippen LogP contribution in [0.5, 0.6) is 0 Å². The molecule has 1 N–H and O–H groups in total. The van der Waals surface area contributed by atoms with Crippen molar-refractivity contribution >= 4 is 32.9 Å². The number of hydrazone groups is 1. The Balaban J connectivity index is 1.58. The van der Waals surface area contributed by atoms with Crippen LogP contribution in [0, 0.1) is 13.8 Å². The number of nitrogens with one attached hydrogen (secondary N) is 1. The van der Waals surface area contributed by atoms with Gasteiger partial charge in [-0.15, -0.1) is 10.2 Å². The van der Waals surface area contributed by atoms with Gasteiger partial charge in [0.1, 0.15) is 0 Å². The van der Waals surface area contributed by atoms with E-state index >= 15 is 0 Å². The molecule has 2 aromatic carbocycles. The summed E-state index contributed by atoms with van der Waals surface area (Å²) >= 11 is 1.33. The van der Waals surface area contributed by atoms with Crippen LogP contribution >= 0.6 is 11.3 Å². The molecule has 162 valence electrons. The summed E-state index contributed by atoms with van der Waals surface area (Å²) < 4.78 is 3.36. The third-order valence-corrected chi connectivity index (χ3v) is 5.99. The maximum atomic E-state index is 13.0. The highest BCUT2D eigenvalue weighted by atomic mass is 32.1. The third kappa shape index (κ3) is 4.28. The van der Waals surface area contributed by atoms with E-state index in [1.54, 1.807) is 9.36 Å². The fourth-order valence-corrected chi connectivity index (χ4v) is 3.90. The number of para-hydroxylation sites is 1. The van der Waals surface area contributed by atoms with Gasteiger partial charge in [0.25, 0.3) is 5.56 Å². The average Bonchev–Trinajstić information content (AvgIpc) is 3.27. The fourth-order valence-electron chi connectivity index (χ4n) is 3.17. The molecule has 8 nitrogen and oxygen atoms in total. The van der Waals surface area contributed by atoms with Crippen molar-refractivity contribution in [3.8, 4) is 5.69 Å². The highest BCUT2D eigenvalue weighted by Gasteiger charge is 2.16. The highest BCUT2D eigenvalue weighted by molar-refractivity contribution is 7.19. The molecule has 32 heavy (non-hydrogen) atoms. The lowest BCUT2D eigenvalue weighted by Crippen LogP contribution is -2.19. The van der Waals surface area contributed by atoms with Gasteiger partial charge in [-0.25, -0.2) is 9.67 Å². The standard InChI is InChI=1S/C23H23N7OS/c1-15(18-11-7-5-8-12-18)25-28-23-24-16(2)21(32-23)27-26-20-17(3)29(4)30(22(20)31)19-13-9-6-10-14-19/h5-14H,1-4H3,(H,24,28)/b25-15+,27-26?. The first kappa shape index (κ1) is 21.4. The van der Waals surface area contributed by atoms with Crippen molar-refractivity contribution in [2.45, 2.75) is 20.8 Å². The zero-order chi connectivity index (χ0) is 22.7. The quantitative estimate of drug-likeness (QED) is 0.241. The van der Waals surface area contributed by atoms with Gasteiger partial charge >= 0.3 is 0 Å². The second-order valence-electron chi connectivity index (χ2n) is 7.19. The first-order valence-corrected chi connectivity index (χ1v) is 10.9. The van der Waals surface area contributed by atoms with Gasteiger partial charge in [0.15, 0.2) is 10.7 Å². The largest absolute Gasteiger partial charge is 0.299 e. The van der Waals surface area contributed by atoms with Crippen LogP contribution < -0.4 is 11.0 Å². The number of aryl methyl sites for hydroxylation is 1. The summed E-state index contributed by atoms with van der Waals surface area (Å²) in [4.78, 5) is 17.4. The number of anilines is 1. The number of rotatable bonds is 6. The molecule has 0 aliphatic carbocycles. The topological polar surface area (TPSA) is 88.9 Å². The molecule has 4 aromatic rings. The smallest absolute Gasteiger partial charge is 0.283 e. The Labute approximate surface area is 189 Å². The van der Waals surface area contributed by atoms with Gasteiger partial charge in [0.05, 0.1) is 22.8 Å². The minimum atomic E-state index is -0.219. The normalized spacial score (nSPS) is 11.9. The average molecular weight is 446 g/mol.